The zero-order chi connectivity index (χ0) is 13.0. The molecule has 0 radical (unpaired) electrons. The summed E-state index contributed by atoms with van der Waals surface area (Å²) in [6.45, 7) is 0.414. The molecule has 2 atom stereocenters. The lowest BCUT2D eigenvalue weighted by molar-refractivity contribution is -0.149. The second kappa shape index (κ2) is 5.42. The number of anilines is 1. The summed E-state index contributed by atoms with van der Waals surface area (Å²) >= 11 is 0. The van der Waals surface area contributed by atoms with Gasteiger partial charge in [-0.05, 0) is 12.8 Å². The molecule has 1 fully saturated rings. The fourth-order valence-corrected chi connectivity index (χ4v) is 1.80. The van der Waals surface area contributed by atoms with Crippen LogP contribution in [0.25, 0.3) is 0 Å². The Morgan fingerprint density at radius 2 is 2.33 bits per heavy atom. The molecular weight excluding hydrogens is 236 g/mol. The van der Waals surface area contributed by atoms with Crippen molar-refractivity contribution in [1.29, 1.82) is 5.26 Å². The van der Waals surface area contributed by atoms with Gasteiger partial charge in [-0.15, -0.1) is 0 Å². The largest absolute Gasteiger partial charge is 0.479 e. The summed E-state index contributed by atoms with van der Waals surface area (Å²) < 4.78 is 5.32. The van der Waals surface area contributed by atoms with Crippen molar-refractivity contribution in [3.05, 3.63) is 18.1 Å². The minimum Gasteiger partial charge on any atom is -0.479 e. The number of nitrogens with one attached hydrogen (secondary N) is 1. The lowest BCUT2D eigenvalue weighted by atomic mass is 10.2. The molecule has 1 aromatic rings. The highest BCUT2D eigenvalue weighted by Crippen LogP contribution is 2.20. The van der Waals surface area contributed by atoms with Crippen LogP contribution in [0.1, 0.15) is 18.5 Å². The maximum Gasteiger partial charge on any atom is 0.332 e. The molecule has 7 heteroatoms. The van der Waals surface area contributed by atoms with Gasteiger partial charge in [-0.2, -0.15) is 5.26 Å². The molecule has 0 bridgehead atoms. The van der Waals surface area contributed by atoms with E-state index < -0.39 is 12.1 Å². The molecule has 18 heavy (non-hydrogen) atoms. The number of nitrogens with zero attached hydrogens (tertiary/aromatic N) is 3. The first-order valence-corrected chi connectivity index (χ1v) is 5.54. The molecule has 0 aliphatic carbocycles. The smallest absolute Gasteiger partial charge is 0.332 e. The van der Waals surface area contributed by atoms with E-state index in [9.17, 15) is 4.79 Å². The van der Waals surface area contributed by atoms with Crippen LogP contribution in [0, 0.1) is 11.3 Å². The summed E-state index contributed by atoms with van der Waals surface area (Å²) in [7, 11) is 0. The van der Waals surface area contributed by atoms with Crippen molar-refractivity contribution in [3.63, 3.8) is 0 Å². The molecule has 2 unspecified atom stereocenters. The summed E-state index contributed by atoms with van der Waals surface area (Å²) in [6.07, 6.45) is 3.20. The average Bonchev–Trinajstić information content (AvgIpc) is 2.85. The topological polar surface area (TPSA) is 108 Å². The number of carboxylic acid groups (broad SMARTS) is 1. The first-order valence-electron chi connectivity index (χ1n) is 5.54. The van der Waals surface area contributed by atoms with Crippen molar-refractivity contribution in [2.24, 2.45) is 0 Å². The van der Waals surface area contributed by atoms with Crippen LogP contribution in [0.3, 0.4) is 0 Å². The van der Waals surface area contributed by atoms with Crippen molar-refractivity contribution in [1.82, 2.24) is 9.97 Å². The van der Waals surface area contributed by atoms with Gasteiger partial charge in [-0.1, -0.05) is 0 Å². The summed E-state index contributed by atoms with van der Waals surface area (Å²) in [5.74, 6) is -0.544. The van der Waals surface area contributed by atoms with Gasteiger partial charge in [0.15, 0.2) is 17.6 Å². The number of nitriles is 1. The van der Waals surface area contributed by atoms with Crippen LogP contribution in [-0.4, -0.2) is 39.8 Å². The number of hydrogen-bond acceptors (Lipinski definition) is 6. The highest BCUT2D eigenvalue weighted by molar-refractivity contribution is 5.72. The fraction of sp³-hybridized carbons (Fsp3) is 0.455. The van der Waals surface area contributed by atoms with Crippen LogP contribution in [0.5, 0.6) is 0 Å². The van der Waals surface area contributed by atoms with E-state index in [2.05, 4.69) is 15.3 Å². The summed E-state index contributed by atoms with van der Waals surface area (Å²) in [6, 6.07) is 1.93. The summed E-state index contributed by atoms with van der Waals surface area (Å²) in [5, 5.41) is 20.6. The third kappa shape index (κ3) is 2.73. The Hall–Kier alpha value is -2.20. The second-order valence-corrected chi connectivity index (χ2v) is 3.91. The van der Waals surface area contributed by atoms with Crippen LogP contribution in [0.15, 0.2) is 12.4 Å². The molecular formula is C11H12N4O3. The number of hydrogen-bond donors (Lipinski definition) is 2. The molecule has 0 amide bonds. The van der Waals surface area contributed by atoms with E-state index in [1.807, 2.05) is 6.07 Å². The minimum atomic E-state index is -0.935. The average molecular weight is 248 g/mol. The predicted octanol–water partition coefficient (Wildman–Crippen LogP) is 0.392. The lowest BCUT2D eigenvalue weighted by Gasteiger charge is -2.12. The zero-order valence-corrected chi connectivity index (χ0v) is 9.54. The number of carbonyl (C=O) groups is 1. The summed E-state index contributed by atoms with van der Waals surface area (Å²) in [5.41, 5.74) is 0.213. The van der Waals surface area contributed by atoms with E-state index in [0.29, 0.717) is 25.2 Å². The number of rotatable bonds is 4. The Morgan fingerprint density at radius 3 is 3.00 bits per heavy atom. The Kier molecular flexibility index (Phi) is 3.69. The number of ether oxygens (including phenoxy) is 1. The third-order valence-corrected chi connectivity index (χ3v) is 2.68. The predicted molar refractivity (Wildman–Crippen MR) is 60.8 cm³/mol. The molecule has 1 aliphatic heterocycles. The number of carboxylic acids is 1. The Labute approximate surface area is 103 Å². The standard InChI is InChI=1S/C11H12N4O3/c12-5-8-10(14-4-3-13-8)15-6-7-1-2-9(18-7)11(16)17/h3-4,7,9H,1-2,6H2,(H,14,15)(H,16,17). The molecule has 1 saturated heterocycles. The molecule has 7 nitrogen and oxygen atoms in total. The molecule has 0 aromatic carbocycles. The van der Waals surface area contributed by atoms with Gasteiger partial charge >= 0.3 is 5.97 Å². The van der Waals surface area contributed by atoms with Gasteiger partial charge in [0.05, 0.1) is 6.10 Å². The number of aliphatic carboxylic acids is 1. The molecule has 1 aliphatic rings. The number of aromatic nitrogens is 2. The maximum absolute atomic E-state index is 10.7. The van der Waals surface area contributed by atoms with Crippen LogP contribution in [0.4, 0.5) is 5.82 Å². The van der Waals surface area contributed by atoms with Gasteiger partial charge in [0, 0.05) is 18.9 Å². The van der Waals surface area contributed by atoms with Crippen LogP contribution >= 0.6 is 0 Å². The van der Waals surface area contributed by atoms with Crippen molar-refractivity contribution in [2.45, 2.75) is 25.0 Å². The van der Waals surface area contributed by atoms with Gasteiger partial charge in [0.1, 0.15) is 6.07 Å². The normalized spacial score (nSPS) is 22.4. The molecule has 2 rings (SSSR count). The van der Waals surface area contributed by atoms with Crippen molar-refractivity contribution >= 4 is 11.8 Å². The van der Waals surface area contributed by atoms with E-state index in [1.165, 1.54) is 12.4 Å². The van der Waals surface area contributed by atoms with Crippen molar-refractivity contribution < 1.29 is 14.6 Å². The van der Waals surface area contributed by atoms with Gasteiger partial charge in [0.2, 0.25) is 0 Å². The van der Waals surface area contributed by atoms with E-state index in [4.69, 9.17) is 15.1 Å². The first kappa shape index (κ1) is 12.3. The highest BCUT2D eigenvalue weighted by Gasteiger charge is 2.30. The molecule has 0 spiro atoms. The molecule has 1 aromatic heterocycles. The Bertz CT molecular complexity index is 485. The summed E-state index contributed by atoms with van der Waals surface area (Å²) in [4.78, 5) is 18.6. The lowest BCUT2D eigenvalue weighted by Crippen LogP contribution is -2.25. The molecule has 2 N–H and O–H groups in total. The van der Waals surface area contributed by atoms with Crippen molar-refractivity contribution in [2.75, 3.05) is 11.9 Å². The SMILES string of the molecule is N#Cc1nccnc1NCC1CCC(C(=O)O)O1. The first-order chi connectivity index (χ1) is 8.70. The van der Waals surface area contributed by atoms with Crippen LogP contribution in [0.2, 0.25) is 0 Å². The fourth-order valence-electron chi connectivity index (χ4n) is 1.80. The highest BCUT2D eigenvalue weighted by atomic mass is 16.5. The third-order valence-electron chi connectivity index (χ3n) is 2.68. The second-order valence-electron chi connectivity index (χ2n) is 3.91. The van der Waals surface area contributed by atoms with Crippen molar-refractivity contribution in [3.8, 4) is 6.07 Å². The zero-order valence-electron chi connectivity index (χ0n) is 9.54. The van der Waals surface area contributed by atoms with E-state index in [0.717, 1.165) is 0 Å². The Morgan fingerprint density at radius 1 is 1.56 bits per heavy atom. The van der Waals surface area contributed by atoms with E-state index >= 15 is 0 Å². The monoisotopic (exact) mass is 248 g/mol. The Balaban J connectivity index is 1.89. The maximum atomic E-state index is 10.7. The molecule has 94 valence electrons. The quantitative estimate of drug-likeness (QED) is 0.793. The van der Waals surface area contributed by atoms with Gasteiger partial charge in [-0.3, -0.25) is 0 Å². The van der Waals surface area contributed by atoms with Gasteiger partial charge in [0.25, 0.3) is 0 Å². The van der Waals surface area contributed by atoms with E-state index in [-0.39, 0.29) is 11.8 Å². The molecule has 0 saturated carbocycles. The van der Waals surface area contributed by atoms with Gasteiger partial charge < -0.3 is 15.2 Å². The van der Waals surface area contributed by atoms with Crippen LogP contribution < -0.4 is 5.32 Å². The van der Waals surface area contributed by atoms with E-state index in [1.54, 1.807) is 0 Å². The van der Waals surface area contributed by atoms with Crippen LogP contribution in [-0.2, 0) is 9.53 Å². The minimum absolute atomic E-state index is 0.181. The van der Waals surface area contributed by atoms with Gasteiger partial charge in [-0.25, -0.2) is 14.8 Å². The molecule has 2 heterocycles.